The Bertz CT molecular complexity index is 848. The summed E-state index contributed by atoms with van der Waals surface area (Å²) in [5, 5.41) is 2.54. The van der Waals surface area contributed by atoms with Crippen LogP contribution in [-0.4, -0.2) is 27.9 Å². The summed E-state index contributed by atoms with van der Waals surface area (Å²) in [4.78, 5) is 27.1. The molecular weight excluding hydrogens is 377 g/mol. The first-order chi connectivity index (χ1) is 11.6. The summed E-state index contributed by atoms with van der Waals surface area (Å²) in [5.74, 6) is -0.491. The Hall–Kier alpha value is -1.83. The number of H-pyrrole nitrogens is 1. The first kappa shape index (κ1) is 25.2. The Kier molecular flexibility index (Phi) is 10.4. The van der Waals surface area contributed by atoms with Crippen molar-refractivity contribution in [2.24, 2.45) is 0 Å². The van der Waals surface area contributed by atoms with Gasteiger partial charge in [-0.05, 0) is 60.6 Å². The van der Waals surface area contributed by atoms with Crippen molar-refractivity contribution in [1.82, 2.24) is 10.3 Å². The second-order valence-corrected chi connectivity index (χ2v) is 6.08. The van der Waals surface area contributed by atoms with E-state index in [1.165, 1.54) is 36.1 Å². The van der Waals surface area contributed by atoms with E-state index in [4.69, 9.17) is 6.58 Å². The van der Waals surface area contributed by atoms with Crippen molar-refractivity contribution in [2.45, 2.75) is 31.7 Å². The maximum Gasteiger partial charge on any atom is 0.261 e. The Morgan fingerprint density at radius 2 is 1.81 bits per heavy atom. The van der Waals surface area contributed by atoms with E-state index in [0.29, 0.717) is 5.69 Å². The number of fused-ring (bicyclic) bond motifs is 1. The molecule has 0 saturated carbocycles. The molecule has 1 atom stereocenters. The molecule has 27 heavy (non-hydrogen) atoms. The van der Waals surface area contributed by atoms with Crippen LogP contribution in [0.3, 0.4) is 0 Å². The third-order valence-electron chi connectivity index (χ3n) is 4.36. The summed E-state index contributed by atoms with van der Waals surface area (Å²) in [7, 11) is 0. The van der Waals surface area contributed by atoms with E-state index in [1.807, 2.05) is 6.07 Å². The Morgan fingerprint density at radius 3 is 2.44 bits per heavy atom. The summed E-state index contributed by atoms with van der Waals surface area (Å²) in [5.41, 5.74) is 4.04. The maximum atomic E-state index is 12.2. The maximum absolute atomic E-state index is 12.2. The topological polar surface area (TPSA) is 125 Å². The van der Waals surface area contributed by atoms with Gasteiger partial charge in [0.2, 0.25) is 0 Å². The molecule has 1 aliphatic carbocycles. The van der Waals surface area contributed by atoms with Crippen molar-refractivity contribution in [3.05, 3.63) is 77.0 Å². The molecular formula is C20H24N2O4Sc-2. The van der Waals surface area contributed by atoms with Gasteiger partial charge in [0, 0.05) is 31.5 Å². The molecule has 2 aromatic rings. The second-order valence-electron chi connectivity index (χ2n) is 6.08. The fourth-order valence-corrected chi connectivity index (χ4v) is 3.02. The number of benzene rings is 1. The molecule has 7 heteroatoms. The fraction of sp³-hybridized carbons (Fsp3) is 0.250. The number of aryl methyl sites for hydroxylation is 2. The fourth-order valence-electron chi connectivity index (χ4n) is 3.02. The minimum absolute atomic E-state index is 0. The van der Waals surface area contributed by atoms with E-state index in [1.54, 1.807) is 6.07 Å². The van der Waals surface area contributed by atoms with Gasteiger partial charge in [0.05, 0.1) is 0 Å². The van der Waals surface area contributed by atoms with Crippen LogP contribution in [0.5, 0.6) is 0 Å². The van der Waals surface area contributed by atoms with Gasteiger partial charge < -0.3 is 34.8 Å². The first-order valence-electron chi connectivity index (χ1n) is 8.13. The number of amides is 1. The molecule has 0 spiro atoms. The van der Waals surface area contributed by atoms with Gasteiger partial charge in [-0.3, -0.25) is 15.7 Å². The number of pyridine rings is 1. The van der Waals surface area contributed by atoms with Crippen molar-refractivity contribution < 1.29 is 41.6 Å². The van der Waals surface area contributed by atoms with Gasteiger partial charge in [0.1, 0.15) is 5.56 Å². The summed E-state index contributed by atoms with van der Waals surface area (Å²) in [6.07, 6.45) is 5.90. The zero-order valence-corrected chi connectivity index (χ0v) is 16.9. The SMILES string of the molecule is O.O.[CH-]=C[C@H]([CH2-])NC(=O)c1ccc(-c2ccc3c(c2)CCCC3)[nH]c1=O.[Sc]. The van der Waals surface area contributed by atoms with Crippen LogP contribution in [0.4, 0.5) is 0 Å². The van der Waals surface area contributed by atoms with E-state index in [-0.39, 0.29) is 42.4 Å². The molecule has 0 aliphatic heterocycles. The molecule has 1 heterocycles. The van der Waals surface area contributed by atoms with Crippen molar-refractivity contribution in [1.29, 1.82) is 0 Å². The van der Waals surface area contributed by atoms with Gasteiger partial charge in [-0.15, -0.1) is 6.04 Å². The molecule has 143 valence electrons. The van der Waals surface area contributed by atoms with Crippen LogP contribution in [0.1, 0.15) is 34.3 Å². The number of aromatic amines is 1. The monoisotopic (exact) mass is 401 g/mol. The van der Waals surface area contributed by atoms with Crippen molar-refractivity contribution in [2.75, 3.05) is 0 Å². The molecule has 0 bridgehead atoms. The van der Waals surface area contributed by atoms with E-state index in [2.05, 4.69) is 29.4 Å². The summed E-state index contributed by atoms with van der Waals surface area (Å²) in [6.45, 7) is 8.94. The zero-order chi connectivity index (χ0) is 17.1. The van der Waals surface area contributed by atoms with Crippen LogP contribution < -0.4 is 10.9 Å². The molecule has 6 N–H and O–H groups in total. The predicted molar refractivity (Wildman–Crippen MR) is 102 cm³/mol. The molecule has 6 nitrogen and oxygen atoms in total. The molecule has 1 aromatic carbocycles. The second kappa shape index (κ2) is 11.1. The van der Waals surface area contributed by atoms with Crippen LogP contribution in [0.15, 0.2) is 41.2 Å². The van der Waals surface area contributed by atoms with Crippen LogP contribution in [0, 0.1) is 13.5 Å². The van der Waals surface area contributed by atoms with Crippen molar-refractivity contribution >= 4 is 5.91 Å². The number of carbonyl (C=O) groups excluding carboxylic acids is 1. The van der Waals surface area contributed by atoms with E-state index >= 15 is 0 Å². The summed E-state index contributed by atoms with van der Waals surface area (Å²) in [6, 6.07) is 9.03. The van der Waals surface area contributed by atoms with E-state index < -0.39 is 17.5 Å². The summed E-state index contributed by atoms with van der Waals surface area (Å²) >= 11 is 0. The number of hydrogen-bond acceptors (Lipinski definition) is 2. The minimum Gasteiger partial charge on any atom is -0.519 e. The molecule has 3 rings (SSSR count). The number of carbonyl (C=O) groups is 1. The van der Waals surface area contributed by atoms with E-state index in [9.17, 15) is 9.59 Å². The third-order valence-corrected chi connectivity index (χ3v) is 4.36. The molecule has 1 amide bonds. The predicted octanol–water partition coefficient (Wildman–Crippen LogP) is 1.19. The third kappa shape index (κ3) is 5.82. The number of rotatable bonds is 4. The molecule has 0 unspecified atom stereocenters. The van der Waals surface area contributed by atoms with Gasteiger partial charge in [-0.2, -0.15) is 0 Å². The summed E-state index contributed by atoms with van der Waals surface area (Å²) < 4.78 is 0. The molecule has 1 aliphatic rings. The average Bonchev–Trinajstić information content (AvgIpc) is 2.60. The minimum atomic E-state index is -0.544. The van der Waals surface area contributed by atoms with Gasteiger partial charge >= 0.3 is 0 Å². The van der Waals surface area contributed by atoms with Gasteiger partial charge in [0.25, 0.3) is 11.5 Å². The Morgan fingerprint density at radius 1 is 1.15 bits per heavy atom. The molecule has 1 radical (unpaired) electrons. The zero-order valence-electron chi connectivity index (χ0n) is 15.0. The van der Waals surface area contributed by atoms with Crippen LogP contribution in [-0.2, 0) is 38.7 Å². The van der Waals surface area contributed by atoms with Crippen molar-refractivity contribution in [3.8, 4) is 11.3 Å². The number of aromatic nitrogens is 1. The van der Waals surface area contributed by atoms with Gasteiger partial charge in [-0.1, -0.05) is 12.1 Å². The smallest absolute Gasteiger partial charge is 0.261 e. The molecule has 0 saturated heterocycles. The average molecular weight is 401 g/mol. The molecule has 0 fully saturated rings. The van der Waals surface area contributed by atoms with Gasteiger partial charge in [0.15, 0.2) is 0 Å². The first-order valence-corrected chi connectivity index (χ1v) is 8.13. The normalized spacial score (nSPS) is 12.9. The van der Waals surface area contributed by atoms with Crippen LogP contribution in [0.25, 0.3) is 11.3 Å². The number of nitrogens with one attached hydrogen (secondary N) is 2. The largest absolute Gasteiger partial charge is 0.519 e. The quantitative estimate of drug-likeness (QED) is 0.747. The van der Waals surface area contributed by atoms with Gasteiger partial charge in [-0.25, -0.2) is 0 Å². The van der Waals surface area contributed by atoms with E-state index in [0.717, 1.165) is 18.4 Å². The van der Waals surface area contributed by atoms with Crippen LogP contribution in [0.2, 0.25) is 0 Å². The molecule has 1 aromatic heterocycles. The Labute approximate surface area is 177 Å². The van der Waals surface area contributed by atoms with Crippen LogP contribution >= 0.6 is 0 Å². The van der Waals surface area contributed by atoms with Crippen molar-refractivity contribution in [3.63, 3.8) is 0 Å². The Balaban J connectivity index is 0.00000225. The number of hydrogen-bond donors (Lipinski definition) is 2. The standard InChI is InChI=1S/C20H20N2O2.2H2O.Sc/c1-3-13(2)21-19(23)17-10-11-18(22-20(17)24)16-9-8-14-6-4-5-7-15(14)12-16;;;/h1,3,8-13H,2,4-7H2,(H,21,23)(H,22,24);2*1H2;/q-2;;;/t13-;;;/m0.../s1.